The highest BCUT2D eigenvalue weighted by molar-refractivity contribution is 7.89. The normalized spacial score (nSPS) is 25.7. The second-order valence-electron chi connectivity index (χ2n) is 5.09. The Hall–Kier alpha value is -1.64. The molecular formula is C13H17NO6S. The second-order valence-corrected chi connectivity index (χ2v) is 6.80. The smallest absolute Gasteiger partial charge is 0.313 e. The van der Waals surface area contributed by atoms with Crippen LogP contribution in [0.5, 0.6) is 5.75 Å². The molecule has 2 unspecified atom stereocenters. The number of carboxylic acids is 1. The van der Waals surface area contributed by atoms with Crippen LogP contribution in [0.2, 0.25) is 0 Å². The van der Waals surface area contributed by atoms with Gasteiger partial charge in [0.15, 0.2) is 0 Å². The number of sulfonamides is 1. The van der Waals surface area contributed by atoms with E-state index in [1.807, 2.05) is 0 Å². The third-order valence-electron chi connectivity index (χ3n) is 3.61. The van der Waals surface area contributed by atoms with Crippen LogP contribution in [0, 0.1) is 5.41 Å². The topological polar surface area (TPSA) is 102 Å². The van der Waals surface area contributed by atoms with Gasteiger partial charge in [-0.2, -0.15) is 0 Å². The van der Waals surface area contributed by atoms with Crippen molar-refractivity contribution < 1.29 is 27.8 Å². The Morgan fingerprint density at radius 3 is 2.57 bits per heavy atom. The minimum absolute atomic E-state index is 0.0260. The summed E-state index contributed by atoms with van der Waals surface area (Å²) >= 11 is 0. The number of carbonyl (C=O) groups is 1. The number of hydrogen-bond acceptors (Lipinski definition) is 5. The van der Waals surface area contributed by atoms with Gasteiger partial charge in [-0.25, -0.2) is 13.1 Å². The highest BCUT2D eigenvalue weighted by Gasteiger charge is 2.48. The summed E-state index contributed by atoms with van der Waals surface area (Å²) < 4.78 is 37.1. The van der Waals surface area contributed by atoms with Crippen molar-refractivity contribution in [2.75, 3.05) is 20.3 Å². The van der Waals surface area contributed by atoms with Crippen molar-refractivity contribution in [3.05, 3.63) is 24.3 Å². The maximum atomic E-state index is 12.3. The van der Waals surface area contributed by atoms with Gasteiger partial charge < -0.3 is 14.6 Å². The molecule has 1 aliphatic heterocycles. The summed E-state index contributed by atoms with van der Waals surface area (Å²) in [4.78, 5) is 11.4. The van der Waals surface area contributed by atoms with Crippen LogP contribution in [-0.4, -0.2) is 45.9 Å². The predicted molar refractivity (Wildman–Crippen MR) is 73.7 cm³/mol. The fourth-order valence-corrected chi connectivity index (χ4v) is 3.39. The minimum Gasteiger partial charge on any atom is -0.497 e. The van der Waals surface area contributed by atoms with Crippen LogP contribution in [0.4, 0.5) is 0 Å². The summed E-state index contributed by atoms with van der Waals surface area (Å²) in [5.74, 6) is -0.559. The molecule has 2 rings (SSSR count). The van der Waals surface area contributed by atoms with E-state index in [1.54, 1.807) is 0 Å². The van der Waals surface area contributed by atoms with E-state index < -0.39 is 27.4 Å². The van der Waals surface area contributed by atoms with E-state index in [4.69, 9.17) is 9.47 Å². The van der Waals surface area contributed by atoms with E-state index in [0.717, 1.165) is 0 Å². The zero-order valence-corrected chi connectivity index (χ0v) is 12.5. The van der Waals surface area contributed by atoms with Gasteiger partial charge in [-0.15, -0.1) is 0 Å². The van der Waals surface area contributed by atoms with Gasteiger partial charge in [-0.1, -0.05) is 0 Å². The van der Waals surface area contributed by atoms with Gasteiger partial charge in [0.2, 0.25) is 10.0 Å². The number of ether oxygens (including phenoxy) is 2. The minimum atomic E-state index is -3.82. The molecule has 1 fully saturated rings. The van der Waals surface area contributed by atoms with Gasteiger partial charge in [0.25, 0.3) is 0 Å². The van der Waals surface area contributed by atoms with E-state index in [9.17, 15) is 18.3 Å². The third kappa shape index (κ3) is 3.02. The van der Waals surface area contributed by atoms with Crippen LogP contribution in [0.1, 0.15) is 6.92 Å². The lowest BCUT2D eigenvalue weighted by atomic mass is 9.86. The van der Waals surface area contributed by atoms with Crippen molar-refractivity contribution in [3.8, 4) is 5.75 Å². The van der Waals surface area contributed by atoms with E-state index in [1.165, 1.54) is 38.3 Å². The average molecular weight is 315 g/mol. The number of hydrogen-bond donors (Lipinski definition) is 2. The van der Waals surface area contributed by atoms with Crippen molar-refractivity contribution in [3.63, 3.8) is 0 Å². The molecule has 1 aliphatic rings. The number of rotatable bonds is 5. The molecule has 2 atom stereocenters. The first-order chi connectivity index (χ1) is 9.79. The maximum absolute atomic E-state index is 12.3. The molecule has 1 heterocycles. The monoisotopic (exact) mass is 315 g/mol. The third-order valence-corrected chi connectivity index (χ3v) is 5.10. The van der Waals surface area contributed by atoms with Crippen LogP contribution in [0.15, 0.2) is 29.2 Å². The lowest BCUT2D eigenvalue weighted by Gasteiger charge is -2.25. The number of aliphatic carboxylic acids is 1. The highest BCUT2D eigenvalue weighted by Crippen LogP contribution is 2.30. The van der Waals surface area contributed by atoms with E-state index in [-0.39, 0.29) is 18.1 Å². The molecule has 0 aliphatic carbocycles. The Morgan fingerprint density at radius 2 is 2.05 bits per heavy atom. The van der Waals surface area contributed by atoms with Crippen molar-refractivity contribution in [2.24, 2.45) is 5.41 Å². The van der Waals surface area contributed by atoms with Gasteiger partial charge in [-0.05, 0) is 31.2 Å². The zero-order chi connectivity index (χ0) is 15.7. The van der Waals surface area contributed by atoms with Crippen LogP contribution in [0.3, 0.4) is 0 Å². The Morgan fingerprint density at radius 1 is 1.43 bits per heavy atom. The lowest BCUT2D eigenvalue weighted by Crippen LogP contribution is -2.49. The quantitative estimate of drug-likeness (QED) is 0.818. The summed E-state index contributed by atoms with van der Waals surface area (Å²) in [7, 11) is -2.34. The molecule has 8 heteroatoms. The molecule has 116 valence electrons. The number of benzene rings is 1. The second kappa shape index (κ2) is 5.63. The summed E-state index contributed by atoms with van der Waals surface area (Å²) in [6, 6.07) is 5.03. The molecule has 21 heavy (non-hydrogen) atoms. The number of nitrogens with one attached hydrogen (secondary N) is 1. The van der Waals surface area contributed by atoms with E-state index in [2.05, 4.69) is 4.72 Å². The van der Waals surface area contributed by atoms with Gasteiger partial charge in [-0.3, -0.25) is 4.79 Å². The molecule has 2 N–H and O–H groups in total. The number of carboxylic acid groups (broad SMARTS) is 1. The van der Waals surface area contributed by atoms with Crippen LogP contribution in [0.25, 0.3) is 0 Å². The largest absolute Gasteiger partial charge is 0.497 e. The van der Waals surface area contributed by atoms with E-state index >= 15 is 0 Å². The Kier molecular flexibility index (Phi) is 4.22. The van der Waals surface area contributed by atoms with Gasteiger partial charge >= 0.3 is 5.97 Å². The molecule has 0 radical (unpaired) electrons. The first-order valence-corrected chi connectivity index (χ1v) is 7.75. The standard InChI is InChI=1S/C13H17NO6S/c1-13(12(15)16)8-20-7-11(13)14-21(17,18)10-5-3-9(19-2)4-6-10/h3-6,11,14H,7-8H2,1-2H3,(H,15,16). The van der Waals surface area contributed by atoms with Crippen molar-refractivity contribution in [1.29, 1.82) is 0 Å². The molecule has 0 amide bonds. The lowest BCUT2D eigenvalue weighted by molar-refractivity contribution is -0.148. The predicted octanol–water partition coefficient (Wildman–Crippen LogP) is 0.463. The molecule has 1 saturated heterocycles. The zero-order valence-electron chi connectivity index (χ0n) is 11.7. The SMILES string of the molecule is COc1ccc(S(=O)(=O)NC2COCC2(C)C(=O)O)cc1. The molecule has 0 aromatic heterocycles. The summed E-state index contributed by atoms with van der Waals surface area (Å²) in [5, 5.41) is 9.25. The molecule has 7 nitrogen and oxygen atoms in total. The van der Waals surface area contributed by atoms with Crippen LogP contribution in [-0.2, 0) is 19.6 Å². The van der Waals surface area contributed by atoms with Gasteiger partial charge in [0, 0.05) is 0 Å². The molecular weight excluding hydrogens is 298 g/mol. The molecule has 1 aromatic rings. The Bertz CT molecular complexity index is 627. The van der Waals surface area contributed by atoms with Gasteiger partial charge in [0.05, 0.1) is 31.3 Å². The number of methoxy groups -OCH3 is 1. The molecule has 0 saturated carbocycles. The average Bonchev–Trinajstić information content (AvgIpc) is 2.81. The van der Waals surface area contributed by atoms with Crippen molar-refractivity contribution in [2.45, 2.75) is 17.9 Å². The first-order valence-electron chi connectivity index (χ1n) is 6.27. The highest BCUT2D eigenvalue weighted by atomic mass is 32.2. The summed E-state index contributed by atoms with van der Waals surface area (Å²) in [5.41, 5.74) is -1.28. The Balaban J connectivity index is 2.22. The van der Waals surface area contributed by atoms with Crippen molar-refractivity contribution in [1.82, 2.24) is 4.72 Å². The molecule has 0 bridgehead atoms. The van der Waals surface area contributed by atoms with Gasteiger partial charge in [0.1, 0.15) is 11.2 Å². The Labute approximate surface area is 122 Å². The van der Waals surface area contributed by atoms with Crippen LogP contribution < -0.4 is 9.46 Å². The van der Waals surface area contributed by atoms with Crippen LogP contribution >= 0.6 is 0 Å². The maximum Gasteiger partial charge on any atom is 0.313 e. The molecule has 0 spiro atoms. The van der Waals surface area contributed by atoms with Crippen molar-refractivity contribution >= 4 is 16.0 Å². The summed E-state index contributed by atoms with van der Waals surface area (Å²) in [6.45, 7) is 1.46. The first kappa shape index (κ1) is 15.7. The fourth-order valence-electron chi connectivity index (χ4n) is 2.06. The molecule has 1 aromatic carbocycles. The van der Waals surface area contributed by atoms with E-state index in [0.29, 0.717) is 5.75 Å². The summed E-state index contributed by atoms with van der Waals surface area (Å²) in [6.07, 6.45) is 0. The fraction of sp³-hybridized carbons (Fsp3) is 0.462.